The molecule has 7 heteroatoms. The molecule has 3 aromatic heterocycles. The van der Waals surface area contributed by atoms with Crippen LogP contribution >= 0.6 is 0 Å². The van der Waals surface area contributed by atoms with E-state index >= 15 is 0 Å². The summed E-state index contributed by atoms with van der Waals surface area (Å²) in [6, 6.07) is 11.5. The maximum Gasteiger partial charge on any atom is 0.199 e. The molecule has 7 nitrogen and oxygen atoms in total. The summed E-state index contributed by atoms with van der Waals surface area (Å²) in [4.78, 5) is 12.2. The summed E-state index contributed by atoms with van der Waals surface area (Å²) in [5.74, 6) is 0.622. The number of hydrogen-bond donors (Lipinski definition) is 0. The fourth-order valence-corrected chi connectivity index (χ4v) is 2.37. The van der Waals surface area contributed by atoms with Crippen LogP contribution in [0.4, 0.5) is 11.4 Å². The van der Waals surface area contributed by atoms with Crippen molar-refractivity contribution in [1.82, 2.24) is 20.4 Å². The van der Waals surface area contributed by atoms with E-state index in [-0.39, 0.29) is 0 Å². The topological polar surface area (TPSA) is 71.6 Å². The molecule has 0 fully saturated rings. The number of nitrogens with zero attached hydrogens (tertiary/aromatic N) is 7. The highest BCUT2D eigenvalue weighted by Gasteiger charge is 2.23. The molecule has 4 rings (SSSR count). The van der Waals surface area contributed by atoms with E-state index < -0.39 is 0 Å². The number of pyridine rings is 3. The van der Waals surface area contributed by atoms with E-state index in [0.29, 0.717) is 12.5 Å². The second-order valence-electron chi connectivity index (χ2n) is 5.11. The number of anilines is 2. The van der Waals surface area contributed by atoms with Crippen LogP contribution in [-0.2, 0) is 0 Å². The number of hydrogen-bond acceptors (Lipinski definition) is 6. The third-order valence-electron chi connectivity index (χ3n) is 3.56. The molecule has 0 saturated heterocycles. The minimum absolute atomic E-state index is 0.503. The van der Waals surface area contributed by atoms with Crippen molar-refractivity contribution in [1.29, 1.82) is 0 Å². The van der Waals surface area contributed by atoms with Gasteiger partial charge in [0.25, 0.3) is 0 Å². The quantitative estimate of drug-likeness (QED) is 0.739. The fourth-order valence-electron chi connectivity index (χ4n) is 2.37. The lowest BCUT2D eigenvalue weighted by molar-refractivity contribution is 0.670. The maximum absolute atomic E-state index is 4.67. The van der Waals surface area contributed by atoms with Crippen molar-refractivity contribution in [2.75, 3.05) is 16.7 Å². The van der Waals surface area contributed by atoms with Crippen LogP contribution in [0.15, 0.2) is 78.7 Å². The smallest absolute Gasteiger partial charge is 0.199 e. The summed E-state index contributed by atoms with van der Waals surface area (Å²) >= 11 is 0. The Hall–Kier alpha value is -3.48. The van der Waals surface area contributed by atoms with Crippen LogP contribution in [0.3, 0.4) is 0 Å². The predicted octanol–water partition coefficient (Wildman–Crippen LogP) is 2.04. The molecule has 3 aromatic rings. The highest BCUT2D eigenvalue weighted by atomic mass is 15.7. The molecule has 0 aliphatic carbocycles. The lowest BCUT2D eigenvalue weighted by Gasteiger charge is -2.34. The molecule has 0 amide bonds. The van der Waals surface area contributed by atoms with E-state index in [1.54, 1.807) is 37.2 Å². The van der Waals surface area contributed by atoms with Crippen molar-refractivity contribution in [2.24, 2.45) is 5.10 Å². The van der Waals surface area contributed by atoms with Crippen LogP contribution in [0, 0.1) is 0 Å². The van der Waals surface area contributed by atoms with Crippen LogP contribution in [-0.4, -0.2) is 27.5 Å². The van der Waals surface area contributed by atoms with Crippen molar-refractivity contribution in [3.63, 3.8) is 0 Å². The molecule has 1 radical (unpaired) electrons. The lowest BCUT2D eigenvalue weighted by atomic mass is 10.2. The molecule has 24 heavy (non-hydrogen) atoms. The van der Waals surface area contributed by atoms with Crippen LogP contribution < -0.4 is 15.4 Å². The van der Waals surface area contributed by atoms with Gasteiger partial charge in [-0.05, 0) is 36.4 Å². The molecule has 0 atom stereocenters. The first-order valence-electron chi connectivity index (χ1n) is 7.46. The van der Waals surface area contributed by atoms with E-state index in [0.717, 1.165) is 16.9 Å². The van der Waals surface area contributed by atoms with Gasteiger partial charge in [-0.1, -0.05) is 0 Å². The Morgan fingerprint density at radius 1 is 0.625 bits per heavy atom. The normalized spacial score (nSPS) is 14.1. The Labute approximate surface area is 139 Å². The molecule has 0 saturated carbocycles. The molecular formula is C17H14N7. The van der Waals surface area contributed by atoms with E-state index in [4.69, 9.17) is 0 Å². The van der Waals surface area contributed by atoms with E-state index in [9.17, 15) is 0 Å². The lowest BCUT2D eigenvalue weighted by Crippen LogP contribution is -2.48. The van der Waals surface area contributed by atoms with Crippen molar-refractivity contribution in [2.45, 2.75) is 0 Å². The Bertz CT molecular complexity index is 821. The Kier molecular flexibility index (Phi) is 3.73. The first kappa shape index (κ1) is 14.1. The summed E-state index contributed by atoms with van der Waals surface area (Å²) in [5.41, 5.74) is 7.47. The molecule has 0 bridgehead atoms. The average molecular weight is 316 g/mol. The summed E-state index contributed by atoms with van der Waals surface area (Å²) in [6.07, 6.45) is 10.5. The molecule has 1 aliphatic heterocycles. The molecule has 0 N–H and O–H groups in total. The summed E-state index contributed by atoms with van der Waals surface area (Å²) in [5, 5.41) is 8.46. The van der Waals surface area contributed by atoms with E-state index in [1.807, 2.05) is 46.4 Å². The predicted molar refractivity (Wildman–Crippen MR) is 91.2 cm³/mol. The van der Waals surface area contributed by atoms with Gasteiger partial charge in [0.1, 0.15) is 6.67 Å². The van der Waals surface area contributed by atoms with Gasteiger partial charge in [0, 0.05) is 42.7 Å². The van der Waals surface area contributed by atoms with Gasteiger partial charge in [-0.15, -0.1) is 10.5 Å². The maximum atomic E-state index is 4.67. The van der Waals surface area contributed by atoms with Gasteiger partial charge in [-0.3, -0.25) is 15.0 Å². The van der Waals surface area contributed by atoms with Crippen molar-refractivity contribution in [3.05, 3.63) is 79.1 Å². The SMILES string of the molecule is c1cc(C2=NN(c3ccncc3)CN(c3ccncc3)[N]2)ccn1. The van der Waals surface area contributed by atoms with Gasteiger partial charge in [-0.2, -0.15) is 0 Å². The standard InChI is InChI=1S/C17H14N7/c1-7-18-8-2-14(1)17-21-23(15-3-9-19-10-4-15)13-24(22-17)16-5-11-20-12-6-16/h1-12H,13H2. The van der Waals surface area contributed by atoms with Crippen LogP contribution in [0.5, 0.6) is 0 Å². The Balaban J connectivity index is 1.73. The summed E-state index contributed by atoms with van der Waals surface area (Å²) < 4.78 is 0. The first-order valence-corrected chi connectivity index (χ1v) is 7.46. The molecular weight excluding hydrogens is 302 g/mol. The minimum atomic E-state index is 0.503. The number of aromatic nitrogens is 3. The average Bonchev–Trinajstić information content (AvgIpc) is 2.70. The first-order chi connectivity index (χ1) is 11.9. The number of rotatable bonds is 3. The molecule has 117 valence electrons. The fraction of sp³-hybridized carbons (Fsp3) is 0.0588. The largest absolute Gasteiger partial charge is 0.265 e. The van der Waals surface area contributed by atoms with Gasteiger partial charge < -0.3 is 0 Å². The third kappa shape index (κ3) is 2.87. The zero-order chi connectivity index (χ0) is 16.2. The molecule has 0 aromatic carbocycles. The van der Waals surface area contributed by atoms with Gasteiger partial charge in [0.15, 0.2) is 5.84 Å². The third-order valence-corrected chi connectivity index (χ3v) is 3.56. The van der Waals surface area contributed by atoms with Gasteiger partial charge in [0.2, 0.25) is 0 Å². The van der Waals surface area contributed by atoms with E-state index in [2.05, 4.69) is 25.5 Å². The number of hydrazone groups is 1. The second kappa shape index (κ2) is 6.33. The van der Waals surface area contributed by atoms with E-state index in [1.165, 1.54) is 0 Å². The molecule has 1 aliphatic rings. The highest BCUT2D eigenvalue weighted by molar-refractivity contribution is 6.00. The Morgan fingerprint density at radius 2 is 1.12 bits per heavy atom. The van der Waals surface area contributed by atoms with Crippen LogP contribution in [0.25, 0.3) is 0 Å². The van der Waals surface area contributed by atoms with Gasteiger partial charge >= 0.3 is 0 Å². The van der Waals surface area contributed by atoms with Gasteiger partial charge in [-0.25, -0.2) is 10.0 Å². The highest BCUT2D eigenvalue weighted by Crippen LogP contribution is 2.21. The molecule has 0 unspecified atom stereocenters. The van der Waals surface area contributed by atoms with Crippen molar-refractivity contribution >= 4 is 17.2 Å². The zero-order valence-corrected chi connectivity index (χ0v) is 12.8. The second-order valence-corrected chi connectivity index (χ2v) is 5.11. The van der Waals surface area contributed by atoms with Crippen molar-refractivity contribution in [3.8, 4) is 0 Å². The Morgan fingerprint density at radius 3 is 1.71 bits per heavy atom. The van der Waals surface area contributed by atoms with Gasteiger partial charge in [0.05, 0.1) is 11.4 Å². The summed E-state index contributed by atoms with van der Waals surface area (Å²) in [7, 11) is 0. The van der Waals surface area contributed by atoms with Crippen LogP contribution in [0.1, 0.15) is 5.56 Å². The molecule has 0 spiro atoms. The summed E-state index contributed by atoms with van der Waals surface area (Å²) in [6.45, 7) is 0.503. The van der Waals surface area contributed by atoms with Crippen molar-refractivity contribution < 1.29 is 0 Å². The van der Waals surface area contributed by atoms with Crippen LogP contribution in [0.2, 0.25) is 0 Å². The molecule has 4 heterocycles. The number of amidine groups is 1. The zero-order valence-electron chi connectivity index (χ0n) is 12.8. The minimum Gasteiger partial charge on any atom is -0.265 e. The monoisotopic (exact) mass is 316 g/mol.